The van der Waals surface area contributed by atoms with E-state index >= 15 is 0 Å². The minimum Gasteiger partial charge on any atom is -0.497 e. The lowest BCUT2D eigenvalue weighted by molar-refractivity contribution is 0.0515. The topological polar surface area (TPSA) is 53.3 Å². The Morgan fingerprint density at radius 3 is 2.42 bits per heavy atom. The summed E-state index contributed by atoms with van der Waals surface area (Å²) in [6.07, 6.45) is 0. The molecule has 2 aromatic carbocycles. The minimum atomic E-state index is -0.456. The van der Waals surface area contributed by atoms with Gasteiger partial charge in [0.15, 0.2) is 5.69 Å². The average Bonchev–Trinajstić information content (AvgIpc) is 3.10. The summed E-state index contributed by atoms with van der Waals surface area (Å²) in [7, 11) is 1.59. The second kappa shape index (κ2) is 7.81. The summed E-state index contributed by atoms with van der Waals surface area (Å²) in [5, 5.41) is 5.43. The second-order valence-electron chi connectivity index (χ2n) is 5.37. The van der Waals surface area contributed by atoms with Crippen molar-refractivity contribution in [2.24, 2.45) is 0 Å². The summed E-state index contributed by atoms with van der Waals surface area (Å²) in [4.78, 5) is 12.4. The Bertz CT molecular complexity index is 936. The highest BCUT2D eigenvalue weighted by Gasteiger charge is 2.19. The Morgan fingerprint density at radius 2 is 1.81 bits per heavy atom. The number of esters is 1. The van der Waals surface area contributed by atoms with E-state index in [4.69, 9.17) is 32.7 Å². The van der Waals surface area contributed by atoms with Gasteiger partial charge in [-0.1, -0.05) is 29.3 Å². The molecule has 0 aliphatic carbocycles. The van der Waals surface area contributed by atoms with Gasteiger partial charge in [-0.2, -0.15) is 5.10 Å². The Kier molecular flexibility index (Phi) is 5.49. The van der Waals surface area contributed by atoms with Crippen LogP contribution in [0.3, 0.4) is 0 Å². The van der Waals surface area contributed by atoms with Gasteiger partial charge in [-0.3, -0.25) is 0 Å². The average molecular weight is 391 g/mol. The van der Waals surface area contributed by atoms with Crippen LogP contribution in [0.1, 0.15) is 17.4 Å². The Hall–Kier alpha value is -2.50. The van der Waals surface area contributed by atoms with Crippen molar-refractivity contribution in [2.75, 3.05) is 13.7 Å². The summed E-state index contributed by atoms with van der Waals surface area (Å²) in [6, 6.07) is 14.1. The highest BCUT2D eigenvalue weighted by Crippen LogP contribution is 2.29. The van der Waals surface area contributed by atoms with Crippen LogP contribution in [0.4, 0.5) is 0 Å². The highest BCUT2D eigenvalue weighted by molar-refractivity contribution is 6.42. The fourth-order valence-corrected chi connectivity index (χ4v) is 2.75. The monoisotopic (exact) mass is 390 g/mol. The lowest BCUT2D eigenvalue weighted by Crippen LogP contribution is -2.11. The molecule has 1 heterocycles. The molecule has 1 aromatic heterocycles. The molecule has 0 aliphatic heterocycles. The summed E-state index contributed by atoms with van der Waals surface area (Å²) in [6.45, 7) is 2.03. The molecule has 0 spiro atoms. The molecule has 5 nitrogen and oxygen atoms in total. The first-order chi connectivity index (χ1) is 12.5. The number of rotatable bonds is 5. The van der Waals surface area contributed by atoms with E-state index in [-0.39, 0.29) is 6.61 Å². The largest absolute Gasteiger partial charge is 0.497 e. The van der Waals surface area contributed by atoms with E-state index in [1.165, 1.54) is 4.68 Å². The third-order valence-electron chi connectivity index (χ3n) is 3.73. The van der Waals surface area contributed by atoms with Gasteiger partial charge < -0.3 is 9.47 Å². The van der Waals surface area contributed by atoms with E-state index in [2.05, 4.69) is 5.10 Å². The zero-order valence-electron chi connectivity index (χ0n) is 14.2. The molecular formula is C19H16Cl2N2O3. The fourth-order valence-electron chi connectivity index (χ4n) is 2.45. The molecule has 0 radical (unpaired) electrons. The molecule has 26 heavy (non-hydrogen) atoms. The van der Waals surface area contributed by atoms with Crippen LogP contribution in [0.15, 0.2) is 48.5 Å². The van der Waals surface area contributed by atoms with Crippen molar-refractivity contribution in [1.29, 1.82) is 0 Å². The number of carbonyl (C=O) groups is 1. The third-order valence-corrected chi connectivity index (χ3v) is 4.47. The van der Waals surface area contributed by atoms with Crippen molar-refractivity contribution in [3.8, 4) is 22.7 Å². The van der Waals surface area contributed by atoms with Gasteiger partial charge in [-0.05, 0) is 49.4 Å². The molecule has 7 heteroatoms. The van der Waals surface area contributed by atoms with E-state index in [1.54, 1.807) is 50.4 Å². The van der Waals surface area contributed by atoms with E-state index in [0.717, 1.165) is 5.56 Å². The Balaban J connectivity index is 2.10. The quantitative estimate of drug-likeness (QED) is 0.573. The van der Waals surface area contributed by atoms with Crippen molar-refractivity contribution < 1.29 is 14.3 Å². The maximum Gasteiger partial charge on any atom is 0.357 e. The zero-order valence-corrected chi connectivity index (χ0v) is 15.7. The molecule has 134 valence electrons. The molecule has 0 fully saturated rings. The molecular weight excluding hydrogens is 375 g/mol. The smallest absolute Gasteiger partial charge is 0.357 e. The van der Waals surface area contributed by atoms with Crippen molar-refractivity contribution >= 4 is 29.2 Å². The molecule has 0 atom stereocenters. The summed E-state index contributed by atoms with van der Waals surface area (Å²) < 4.78 is 11.9. The lowest BCUT2D eigenvalue weighted by Gasteiger charge is -2.07. The molecule has 3 aromatic rings. The SMILES string of the molecule is CCOC(=O)c1cc(-c2ccc(Cl)c(Cl)c2)nn1-c1ccc(OC)cc1. The van der Waals surface area contributed by atoms with Gasteiger partial charge >= 0.3 is 5.97 Å². The Labute approximate surface area is 161 Å². The second-order valence-corrected chi connectivity index (χ2v) is 6.19. The summed E-state index contributed by atoms with van der Waals surface area (Å²) >= 11 is 12.1. The number of hydrogen-bond donors (Lipinski definition) is 0. The van der Waals surface area contributed by atoms with Crippen LogP contribution in [0.2, 0.25) is 10.0 Å². The van der Waals surface area contributed by atoms with E-state index in [0.29, 0.717) is 32.9 Å². The fraction of sp³-hybridized carbons (Fsp3) is 0.158. The number of ether oxygens (including phenoxy) is 2. The maximum absolute atomic E-state index is 12.4. The van der Waals surface area contributed by atoms with E-state index in [9.17, 15) is 4.79 Å². The maximum atomic E-state index is 12.4. The summed E-state index contributed by atoms with van der Waals surface area (Å²) in [5.41, 5.74) is 2.36. The molecule has 0 unspecified atom stereocenters. The first-order valence-electron chi connectivity index (χ1n) is 7.90. The van der Waals surface area contributed by atoms with Crippen LogP contribution in [0.5, 0.6) is 5.75 Å². The number of halogens is 2. The molecule has 0 saturated heterocycles. The first-order valence-corrected chi connectivity index (χ1v) is 8.66. The van der Waals surface area contributed by atoms with Crippen LogP contribution < -0.4 is 4.74 Å². The van der Waals surface area contributed by atoms with Crippen LogP contribution in [-0.4, -0.2) is 29.5 Å². The van der Waals surface area contributed by atoms with Crippen molar-refractivity contribution in [3.63, 3.8) is 0 Å². The molecule has 0 saturated carbocycles. The number of carbonyl (C=O) groups excluding carboxylic acids is 1. The predicted molar refractivity (Wildman–Crippen MR) is 102 cm³/mol. The van der Waals surface area contributed by atoms with Gasteiger partial charge in [-0.15, -0.1) is 0 Å². The number of benzene rings is 2. The number of hydrogen-bond acceptors (Lipinski definition) is 4. The van der Waals surface area contributed by atoms with Gasteiger partial charge in [0.1, 0.15) is 5.75 Å². The minimum absolute atomic E-state index is 0.273. The Morgan fingerprint density at radius 1 is 1.08 bits per heavy atom. The van der Waals surface area contributed by atoms with E-state index in [1.807, 2.05) is 12.1 Å². The van der Waals surface area contributed by atoms with Gasteiger partial charge in [0.25, 0.3) is 0 Å². The molecule has 0 amide bonds. The van der Waals surface area contributed by atoms with Gasteiger partial charge in [0.05, 0.1) is 35.1 Å². The highest BCUT2D eigenvalue weighted by atomic mass is 35.5. The lowest BCUT2D eigenvalue weighted by atomic mass is 10.1. The number of methoxy groups -OCH3 is 1. The standard InChI is InChI=1S/C19H16Cl2N2O3/c1-3-26-19(24)18-11-17(12-4-9-15(20)16(21)10-12)22-23(18)13-5-7-14(25-2)8-6-13/h4-11H,3H2,1-2H3. The normalized spacial score (nSPS) is 10.6. The third kappa shape index (κ3) is 3.69. The van der Waals surface area contributed by atoms with Crippen LogP contribution >= 0.6 is 23.2 Å². The zero-order chi connectivity index (χ0) is 18.7. The molecule has 3 rings (SSSR count). The summed E-state index contributed by atoms with van der Waals surface area (Å²) in [5.74, 6) is 0.255. The first kappa shape index (κ1) is 18.3. The number of nitrogens with zero attached hydrogens (tertiary/aromatic N) is 2. The molecule has 0 bridgehead atoms. The van der Waals surface area contributed by atoms with E-state index < -0.39 is 5.97 Å². The van der Waals surface area contributed by atoms with Crippen LogP contribution in [0.25, 0.3) is 16.9 Å². The predicted octanol–water partition coefficient (Wildman–Crippen LogP) is 5.03. The van der Waals surface area contributed by atoms with Crippen LogP contribution in [-0.2, 0) is 4.74 Å². The van der Waals surface area contributed by atoms with Crippen molar-refractivity contribution in [1.82, 2.24) is 9.78 Å². The molecule has 0 aliphatic rings. The van der Waals surface area contributed by atoms with Gasteiger partial charge in [0.2, 0.25) is 0 Å². The van der Waals surface area contributed by atoms with Crippen LogP contribution in [0, 0.1) is 0 Å². The van der Waals surface area contributed by atoms with Crippen molar-refractivity contribution in [2.45, 2.75) is 6.92 Å². The molecule has 0 N–H and O–H groups in total. The van der Waals surface area contributed by atoms with Gasteiger partial charge in [-0.25, -0.2) is 9.48 Å². The van der Waals surface area contributed by atoms with Gasteiger partial charge in [0, 0.05) is 5.56 Å². The number of aromatic nitrogens is 2. The van der Waals surface area contributed by atoms with Crippen molar-refractivity contribution in [3.05, 3.63) is 64.3 Å².